The molecular formula is C20H24F3N5S. The van der Waals surface area contributed by atoms with Gasteiger partial charge in [-0.25, -0.2) is 4.99 Å². The van der Waals surface area contributed by atoms with E-state index < -0.39 is 11.7 Å². The summed E-state index contributed by atoms with van der Waals surface area (Å²) in [5.74, 6) is 0. The lowest BCUT2D eigenvalue weighted by molar-refractivity contribution is -0.137. The first kappa shape index (κ1) is 22.7. The molecule has 1 fully saturated rings. The molecule has 1 aliphatic rings. The molecule has 0 unspecified atom stereocenters. The number of rotatable bonds is 4. The van der Waals surface area contributed by atoms with Gasteiger partial charge in [-0.05, 0) is 37.6 Å². The summed E-state index contributed by atoms with van der Waals surface area (Å²) in [5, 5.41) is 9.54. The van der Waals surface area contributed by atoms with Crippen LogP contribution in [0.2, 0.25) is 0 Å². The molecule has 0 saturated carbocycles. The Morgan fingerprint density at radius 3 is 2.38 bits per heavy atom. The molecule has 0 aliphatic carbocycles. The summed E-state index contributed by atoms with van der Waals surface area (Å²) in [5.41, 5.74) is 1.23. The van der Waals surface area contributed by atoms with Gasteiger partial charge in [-0.3, -0.25) is 0 Å². The number of hydrogen-bond donors (Lipinski definition) is 0. The highest BCUT2D eigenvalue weighted by molar-refractivity contribution is 7.80. The van der Waals surface area contributed by atoms with Gasteiger partial charge >= 0.3 is 6.18 Å². The van der Waals surface area contributed by atoms with Crippen LogP contribution < -0.4 is 4.90 Å². The van der Waals surface area contributed by atoms with Gasteiger partial charge in [0.05, 0.1) is 11.9 Å². The first-order valence-corrected chi connectivity index (χ1v) is 9.57. The Bertz CT molecular complexity index is 822. The molecule has 0 amide bonds. The molecule has 0 spiro atoms. The van der Waals surface area contributed by atoms with Gasteiger partial charge in [-0.15, -0.1) is 0 Å². The van der Waals surface area contributed by atoms with Gasteiger partial charge in [0.2, 0.25) is 0 Å². The van der Waals surface area contributed by atoms with Crippen molar-refractivity contribution in [3.05, 3.63) is 41.1 Å². The van der Waals surface area contributed by atoms with Crippen LogP contribution in [0, 0.1) is 11.3 Å². The monoisotopic (exact) mass is 423 g/mol. The van der Waals surface area contributed by atoms with Gasteiger partial charge in [0, 0.05) is 51.7 Å². The van der Waals surface area contributed by atoms with Crippen molar-refractivity contribution in [3.8, 4) is 6.07 Å². The summed E-state index contributed by atoms with van der Waals surface area (Å²) in [6.07, 6.45) is -1.97. The number of benzene rings is 1. The topological polar surface area (TPSA) is 45.9 Å². The fourth-order valence-corrected chi connectivity index (χ4v) is 3.29. The number of alkyl halides is 3. The Balaban J connectivity index is 2.12. The summed E-state index contributed by atoms with van der Waals surface area (Å²) >= 11 is 5.28. The van der Waals surface area contributed by atoms with Crippen molar-refractivity contribution >= 4 is 29.2 Å². The van der Waals surface area contributed by atoms with Crippen LogP contribution >= 0.6 is 12.2 Å². The first-order valence-electron chi connectivity index (χ1n) is 9.16. The van der Waals surface area contributed by atoms with Gasteiger partial charge in [0.25, 0.3) is 0 Å². The maximum atomic E-state index is 12.8. The average Bonchev–Trinajstić information content (AvgIpc) is 2.92. The normalized spacial score (nSPS) is 16.3. The third kappa shape index (κ3) is 6.19. The van der Waals surface area contributed by atoms with E-state index in [0.29, 0.717) is 18.7 Å². The van der Waals surface area contributed by atoms with E-state index in [1.54, 1.807) is 11.2 Å². The third-order valence-corrected chi connectivity index (χ3v) is 4.93. The first-order chi connectivity index (χ1) is 13.6. The van der Waals surface area contributed by atoms with E-state index in [4.69, 9.17) is 12.2 Å². The molecule has 1 saturated heterocycles. The predicted molar refractivity (Wildman–Crippen MR) is 113 cm³/mol. The molecule has 0 bridgehead atoms. The summed E-state index contributed by atoms with van der Waals surface area (Å²) in [7, 11) is 3.64. The Kier molecular flexibility index (Phi) is 7.62. The lowest BCUT2D eigenvalue weighted by Crippen LogP contribution is -2.30. The SMILES string of the molecule is C/C(=C(\C#N)C(=S)N=CN(C)C)N1CCCN(c2ccc(C(F)(F)F)cc2)CC1. The van der Waals surface area contributed by atoms with Gasteiger partial charge in [-0.1, -0.05) is 12.2 Å². The molecule has 1 heterocycles. The quantitative estimate of drug-likeness (QED) is 0.241. The second-order valence-corrected chi connectivity index (χ2v) is 7.34. The van der Waals surface area contributed by atoms with Crippen molar-refractivity contribution in [2.24, 2.45) is 4.99 Å². The zero-order valence-corrected chi connectivity index (χ0v) is 17.5. The summed E-state index contributed by atoms with van der Waals surface area (Å²) in [4.78, 5) is 10.3. The molecule has 156 valence electrons. The lowest BCUT2D eigenvalue weighted by atomic mass is 10.2. The summed E-state index contributed by atoms with van der Waals surface area (Å²) in [6.45, 7) is 4.57. The fraction of sp³-hybridized carbons (Fsp3) is 0.450. The van der Waals surface area contributed by atoms with E-state index in [9.17, 15) is 18.4 Å². The van der Waals surface area contributed by atoms with E-state index >= 15 is 0 Å². The molecule has 1 aromatic rings. The van der Waals surface area contributed by atoms with Crippen LogP contribution in [0.3, 0.4) is 0 Å². The maximum Gasteiger partial charge on any atom is 0.416 e. The number of aliphatic imine (C=N–C) groups is 1. The molecule has 5 nitrogen and oxygen atoms in total. The number of nitriles is 1. The Morgan fingerprint density at radius 1 is 1.17 bits per heavy atom. The van der Waals surface area contributed by atoms with Crippen LogP contribution in [0.25, 0.3) is 0 Å². The molecule has 0 N–H and O–H groups in total. The Hall–Kier alpha value is -2.60. The molecule has 1 aromatic carbocycles. The van der Waals surface area contributed by atoms with Crippen molar-refractivity contribution in [3.63, 3.8) is 0 Å². The van der Waals surface area contributed by atoms with Gasteiger partial charge in [0.1, 0.15) is 16.6 Å². The zero-order valence-electron chi connectivity index (χ0n) is 16.7. The standard InChI is InChI=1S/C20H24F3N5S/c1-15(18(13-24)19(29)25-14-26(2)3)27-9-4-10-28(12-11-27)17-7-5-16(6-8-17)20(21,22)23/h5-8,14H,4,9-12H2,1-3H3/b18-15-,25-14?. The van der Waals surface area contributed by atoms with E-state index in [1.165, 1.54) is 12.1 Å². The highest BCUT2D eigenvalue weighted by atomic mass is 32.1. The average molecular weight is 424 g/mol. The molecule has 2 rings (SSSR count). The van der Waals surface area contributed by atoms with Crippen LogP contribution in [-0.2, 0) is 6.18 Å². The largest absolute Gasteiger partial charge is 0.416 e. The fourth-order valence-electron chi connectivity index (χ4n) is 3.05. The second-order valence-electron chi connectivity index (χ2n) is 6.96. The molecule has 0 aromatic heterocycles. The van der Waals surface area contributed by atoms with Crippen LogP contribution in [0.15, 0.2) is 40.5 Å². The van der Waals surface area contributed by atoms with Gasteiger partial charge < -0.3 is 14.7 Å². The summed E-state index contributed by atoms with van der Waals surface area (Å²) < 4.78 is 38.3. The molecule has 29 heavy (non-hydrogen) atoms. The van der Waals surface area contributed by atoms with Gasteiger partial charge in [0.15, 0.2) is 0 Å². The highest BCUT2D eigenvalue weighted by Gasteiger charge is 2.30. The number of thiocarbonyl (C=S) groups is 1. The van der Waals surface area contributed by atoms with Crippen LogP contribution in [0.4, 0.5) is 18.9 Å². The Labute approximate surface area is 174 Å². The number of allylic oxidation sites excluding steroid dienone is 1. The zero-order chi connectivity index (χ0) is 21.6. The van der Waals surface area contributed by atoms with Crippen molar-refractivity contribution in [2.45, 2.75) is 19.5 Å². The van der Waals surface area contributed by atoms with Crippen LogP contribution in [-0.4, -0.2) is 61.4 Å². The van der Waals surface area contributed by atoms with Crippen molar-refractivity contribution in [1.29, 1.82) is 5.26 Å². The number of nitrogens with zero attached hydrogens (tertiary/aromatic N) is 5. The molecular weight excluding hydrogens is 399 g/mol. The van der Waals surface area contributed by atoms with Gasteiger partial charge in [-0.2, -0.15) is 18.4 Å². The highest BCUT2D eigenvalue weighted by Crippen LogP contribution is 2.30. The van der Waals surface area contributed by atoms with Crippen LogP contribution in [0.1, 0.15) is 18.9 Å². The lowest BCUT2D eigenvalue weighted by Gasteiger charge is -2.26. The minimum Gasteiger partial charge on any atom is -0.372 e. The molecule has 0 atom stereocenters. The Morgan fingerprint density at radius 2 is 1.83 bits per heavy atom. The maximum absolute atomic E-state index is 12.8. The number of anilines is 1. The predicted octanol–water partition coefficient (Wildman–Crippen LogP) is 3.93. The number of halogens is 3. The van der Waals surface area contributed by atoms with Crippen LogP contribution in [0.5, 0.6) is 0 Å². The van der Waals surface area contributed by atoms with E-state index in [2.05, 4.69) is 20.9 Å². The molecule has 0 radical (unpaired) electrons. The van der Waals surface area contributed by atoms with E-state index in [0.717, 1.165) is 43.0 Å². The van der Waals surface area contributed by atoms with Crippen molar-refractivity contribution < 1.29 is 13.2 Å². The molecule has 9 heteroatoms. The third-order valence-electron chi connectivity index (χ3n) is 4.62. The second kappa shape index (κ2) is 9.74. The van der Waals surface area contributed by atoms with E-state index in [-0.39, 0.29) is 4.99 Å². The minimum absolute atomic E-state index is 0.238. The number of hydrogen-bond acceptors (Lipinski definition) is 4. The smallest absolute Gasteiger partial charge is 0.372 e. The van der Waals surface area contributed by atoms with Crippen molar-refractivity contribution in [1.82, 2.24) is 9.80 Å². The summed E-state index contributed by atoms with van der Waals surface area (Å²) in [6, 6.07) is 7.38. The minimum atomic E-state index is -4.34. The van der Waals surface area contributed by atoms with E-state index in [1.807, 2.05) is 21.0 Å². The molecule has 1 aliphatic heterocycles. The van der Waals surface area contributed by atoms with Crippen molar-refractivity contribution in [2.75, 3.05) is 45.2 Å².